The maximum atomic E-state index is 10.7. The molecule has 0 saturated heterocycles. The average molecular weight is 612 g/mol. The standard InChI is InChI=1S/C24H34O2.C12H17BrO/c1-8-9-17-10-18(11-20(14(2)3)23(17)25)19-12-21(15(4)5)24(26)22(13-19)16(6)7;1-4-5-9-6-10(13)7-11(8(2)3)12(9)14/h10-16,25-26H,8-9H2,1-7H3;6-8,14H,4-5H2,1-3H3. The zero-order chi connectivity index (χ0) is 30.3. The molecule has 0 atom stereocenters. The van der Waals surface area contributed by atoms with Gasteiger partial charge in [-0.05, 0) is 117 Å². The van der Waals surface area contributed by atoms with Crippen molar-refractivity contribution in [2.24, 2.45) is 0 Å². The summed E-state index contributed by atoms with van der Waals surface area (Å²) in [5.74, 6) is 2.48. The van der Waals surface area contributed by atoms with E-state index in [2.05, 4.69) is 109 Å². The number of aromatic hydroxyl groups is 3. The summed E-state index contributed by atoms with van der Waals surface area (Å²) in [6.45, 7) is 21.1. The van der Waals surface area contributed by atoms with E-state index in [-0.39, 0.29) is 17.8 Å². The maximum Gasteiger partial charge on any atom is 0.122 e. The molecule has 3 nitrogen and oxygen atoms in total. The van der Waals surface area contributed by atoms with Gasteiger partial charge < -0.3 is 15.3 Å². The number of hydrogen-bond donors (Lipinski definition) is 3. The molecule has 3 aromatic rings. The Morgan fingerprint density at radius 1 is 0.500 bits per heavy atom. The Morgan fingerprint density at radius 3 is 1.20 bits per heavy atom. The van der Waals surface area contributed by atoms with Gasteiger partial charge in [-0.25, -0.2) is 0 Å². The van der Waals surface area contributed by atoms with Gasteiger partial charge in [0.1, 0.15) is 17.2 Å². The number of halogens is 1. The van der Waals surface area contributed by atoms with E-state index >= 15 is 0 Å². The smallest absolute Gasteiger partial charge is 0.122 e. The van der Waals surface area contributed by atoms with E-state index in [4.69, 9.17) is 0 Å². The van der Waals surface area contributed by atoms with Crippen LogP contribution in [0.15, 0.2) is 40.9 Å². The van der Waals surface area contributed by atoms with Crippen molar-refractivity contribution in [2.75, 3.05) is 0 Å². The van der Waals surface area contributed by atoms with E-state index < -0.39 is 0 Å². The Morgan fingerprint density at radius 2 is 0.825 bits per heavy atom. The lowest BCUT2D eigenvalue weighted by Crippen LogP contribution is -1.99. The second kappa shape index (κ2) is 15.0. The lowest BCUT2D eigenvalue weighted by molar-refractivity contribution is 0.454. The number of phenols is 3. The maximum absolute atomic E-state index is 10.7. The lowest BCUT2D eigenvalue weighted by Gasteiger charge is -2.20. The van der Waals surface area contributed by atoms with Gasteiger partial charge in [0.15, 0.2) is 0 Å². The third-order valence-corrected chi connectivity index (χ3v) is 7.89. The first-order valence-electron chi connectivity index (χ1n) is 15.0. The summed E-state index contributed by atoms with van der Waals surface area (Å²) in [5.41, 5.74) is 8.31. The van der Waals surface area contributed by atoms with Crippen LogP contribution in [0.5, 0.6) is 17.2 Å². The SMILES string of the molecule is CCCc1cc(-c2cc(C(C)C)c(O)c(C(C)C)c2)cc(C(C)C)c1O.CCCc1cc(Br)cc(C(C)C)c1O. The van der Waals surface area contributed by atoms with Crippen LogP contribution in [0.4, 0.5) is 0 Å². The summed E-state index contributed by atoms with van der Waals surface area (Å²) in [6, 6.07) is 12.4. The first-order chi connectivity index (χ1) is 18.7. The lowest BCUT2D eigenvalue weighted by atomic mass is 9.87. The quantitative estimate of drug-likeness (QED) is 0.226. The van der Waals surface area contributed by atoms with Crippen LogP contribution in [0.3, 0.4) is 0 Å². The highest BCUT2D eigenvalue weighted by atomic mass is 79.9. The van der Waals surface area contributed by atoms with Gasteiger partial charge in [-0.15, -0.1) is 0 Å². The largest absolute Gasteiger partial charge is 0.507 e. The summed E-state index contributed by atoms with van der Waals surface area (Å²) in [6.07, 6.45) is 3.86. The van der Waals surface area contributed by atoms with Crippen LogP contribution in [-0.4, -0.2) is 15.3 Å². The van der Waals surface area contributed by atoms with Crippen LogP contribution in [0, 0.1) is 0 Å². The van der Waals surface area contributed by atoms with E-state index in [9.17, 15) is 15.3 Å². The van der Waals surface area contributed by atoms with Gasteiger partial charge in [0.25, 0.3) is 0 Å². The van der Waals surface area contributed by atoms with Gasteiger partial charge in [0, 0.05) is 4.47 Å². The predicted octanol–water partition coefficient (Wildman–Crippen LogP) is 11.3. The van der Waals surface area contributed by atoms with Crippen LogP contribution in [-0.2, 0) is 12.8 Å². The Kier molecular flexibility index (Phi) is 12.6. The molecular formula is C36H51BrO3. The minimum Gasteiger partial charge on any atom is -0.507 e. The first kappa shape index (κ1) is 33.7. The second-order valence-electron chi connectivity index (χ2n) is 12.2. The highest BCUT2D eigenvalue weighted by molar-refractivity contribution is 9.10. The molecule has 0 fully saturated rings. The summed E-state index contributed by atoms with van der Waals surface area (Å²) in [4.78, 5) is 0. The van der Waals surface area contributed by atoms with Gasteiger partial charge in [-0.2, -0.15) is 0 Å². The fourth-order valence-corrected chi connectivity index (χ4v) is 5.61. The molecule has 0 bridgehead atoms. The molecule has 0 heterocycles. The number of rotatable bonds is 9. The van der Waals surface area contributed by atoms with Crippen LogP contribution in [0.25, 0.3) is 11.1 Å². The fourth-order valence-electron chi connectivity index (χ4n) is 5.09. The average Bonchev–Trinajstić information content (AvgIpc) is 2.87. The van der Waals surface area contributed by atoms with Crippen molar-refractivity contribution in [2.45, 2.75) is 119 Å². The van der Waals surface area contributed by atoms with E-state index in [1.807, 2.05) is 12.1 Å². The molecular weight excluding hydrogens is 560 g/mol. The van der Waals surface area contributed by atoms with Crippen LogP contribution < -0.4 is 0 Å². The molecule has 0 radical (unpaired) electrons. The predicted molar refractivity (Wildman–Crippen MR) is 175 cm³/mol. The van der Waals surface area contributed by atoms with Gasteiger partial charge in [0.05, 0.1) is 0 Å². The third kappa shape index (κ3) is 8.28. The molecule has 0 aliphatic rings. The molecule has 0 saturated carbocycles. The van der Waals surface area contributed by atoms with E-state index in [1.165, 1.54) is 0 Å². The second-order valence-corrected chi connectivity index (χ2v) is 13.1. The summed E-state index contributed by atoms with van der Waals surface area (Å²) < 4.78 is 1.06. The third-order valence-electron chi connectivity index (χ3n) is 7.43. The number of aryl methyl sites for hydroxylation is 2. The first-order valence-corrected chi connectivity index (χ1v) is 15.8. The molecule has 0 unspecified atom stereocenters. The summed E-state index contributed by atoms with van der Waals surface area (Å²) in [5, 5.41) is 31.3. The number of phenolic OH excluding ortho intramolecular Hbond substituents is 3. The van der Waals surface area contributed by atoms with Crippen molar-refractivity contribution in [3.63, 3.8) is 0 Å². The van der Waals surface area contributed by atoms with E-state index in [0.29, 0.717) is 23.2 Å². The monoisotopic (exact) mass is 610 g/mol. The van der Waals surface area contributed by atoms with Crippen molar-refractivity contribution >= 4 is 15.9 Å². The Hall–Kier alpha value is -2.46. The molecule has 0 aliphatic carbocycles. The zero-order valence-electron chi connectivity index (χ0n) is 26.3. The van der Waals surface area contributed by atoms with Gasteiger partial charge >= 0.3 is 0 Å². The van der Waals surface area contributed by atoms with Crippen molar-refractivity contribution in [1.29, 1.82) is 0 Å². The molecule has 0 spiro atoms. The van der Waals surface area contributed by atoms with Crippen molar-refractivity contribution in [3.05, 3.63) is 74.3 Å². The van der Waals surface area contributed by atoms with E-state index in [1.54, 1.807) is 0 Å². The molecule has 3 aromatic carbocycles. The number of benzene rings is 3. The topological polar surface area (TPSA) is 60.7 Å². The zero-order valence-corrected chi connectivity index (χ0v) is 27.9. The molecule has 220 valence electrons. The Balaban J connectivity index is 0.000000337. The highest BCUT2D eigenvalue weighted by Gasteiger charge is 2.18. The van der Waals surface area contributed by atoms with Crippen molar-refractivity contribution in [3.8, 4) is 28.4 Å². The molecule has 0 aliphatic heterocycles. The molecule has 3 rings (SSSR count). The minimum atomic E-state index is 0.254. The van der Waals surface area contributed by atoms with Gasteiger partial charge in [-0.1, -0.05) is 98.0 Å². The summed E-state index contributed by atoms with van der Waals surface area (Å²) in [7, 11) is 0. The minimum absolute atomic E-state index is 0.254. The van der Waals surface area contributed by atoms with Crippen LogP contribution in [0.1, 0.15) is 139 Å². The number of hydrogen-bond acceptors (Lipinski definition) is 3. The van der Waals surface area contributed by atoms with Gasteiger partial charge in [0.2, 0.25) is 0 Å². The van der Waals surface area contributed by atoms with Crippen molar-refractivity contribution in [1.82, 2.24) is 0 Å². The normalized spacial score (nSPS) is 11.5. The molecule has 0 aromatic heterocycles. The van der Waals surface area contributed by atoms with E-state index in [0.717, 1.165) is 74.7 Å². The Bertz CT molecular complexity index is 1240. The molecule has 40 heavy (non-hydrogen) atoms. The summed E-state index contributed by atoms with van der Waals surface area (Å²) >= 11 is 3.47. The fraction of sp³-hybridized carbons (Fsp3) is 0.500. The van der Waals surface area contributed by atoms with Crippen LogP contribution >= 0.6 is 15.9 Å². The van der Waals surface area contributed by atoms with Crippen molar-refractivity contribution < 1.29 is 15.3 Å². The molecule has 0 amide bonds. The molecule has 3 N–H and O–H groups in total. The molecule has 4 heteroatoms. The Labute approximate surface area is 251 Å². The van der Waals surface area contributed by atoms with Crippen LogP contribution in [0.2, 0.25) is 0 Å². The highest BCUT2D eigenvalue weighted by Crippen LogP contribution is 2.40. The van der Waals surface area contributed by atoms with Gasteiger partial charge in [-0.3, -0.25) is 0 Å².